The van der Waals surface area contributed by atoms with Gasteiger partial charge in [0.2, 0.25) is 5.88 Å². The van der Waals surface area contributed by atoms with E-state index in [4.69, 9.17) is 4.74 Å². The van der Waals surface area contributed by atoms with Gasteiger partial charge in [-0.25, -0.2) is 9.97 Å². The van der Waals surface area contributed by atoms with Crippen molar-refractivity contribution in [1.82, 2.24) is 9.97 Å². The van der Waals surface area contributed by atoms with Crippen molar-refractivity contribution in [3.8, 4) is 11.6 Å². The maximum Gasteiger partial charge on any atom is 0.237 e. The fourth-order valence-electron chi connectivity index (χ4n) is 1.20. The highest BCUT2D eigenvalue weighted by Crippen LogP contribution is 2.18. The molecule has 0 unspecified atom stereocenters. The van der Waals surface area contributed by atoms with E-state index in [1.165, 1.54) is 0 Å². The van der Waals surface area contributed by atoms with Gasteiger partial charge in [0.15, 0.2) is 0 Å². The average molecular weight is 215 g/mol. The second-order valence-electron chi connectivity index (χ2n) is 3.52. The predicted octanol–water partition coefficient (Wildman–Crippen LogP) is 2.33. The molecular weight excluding hydrogens is 202 g/mol. The molecular formula is C12H13N3O. The van der Waals surface area contributed by atoms with Crippen molar-refractivity contribution in [2.24, 2.45) is 0 Å². The summed E-state index contributed by atoms with van der Waals surface area (Å²) < 4.78 is 5.52. The lowest BCUT2D eigenvalue weighted by Crippen LogP contribution is -2.10. The number of hydrogen-bond acceptors (Lipinski definition) is 4. The van der Waals surface area contributed by atoms with Gasteiger partial charge in [-0.1, -0.05) is 18.2 Å². The normalized spacial score (nSPS) is 9.88. The third kappa shape index (κ3) is 2.48. The molecule has 0 saturated heterocycles. The van der Waals surface area contributed by atoms with Crippen molar-refractivity contribution in [2.75, 3.05) is 19.0 Å². The number of aromatic nitrogens is 2. The summed E-state index contributed by atoms with van der Waals surface area (Å²) in [6, 6.07) is 9.52. The molecule has 0 spiro atoms. The first-order valence-electron chi connectivity index (χ1n) is 4.98. The van der Waals surface area contributed by atoms with Crippen LogP contribution in [0.2, 0.25) is 0 Å². The number of hydrogen-bond donors (Lipinski definition) is 0. The topological polar surface area (TPSA) is 38.2 Å². The molecule has 2 aromatic rings. The highest BCUT2D eigenvalue weighted by Gasteiger charge is 2.00. The molecule has 0 bridgehead atoms. The van der Waals surface area contributed by atoms with E-state index in [0.29, 0.717) is 5.88 Å². The van der Waals surface area contributed by atoms with Crippen LogP contribution < -0.4 is 9.64 Å². The summed E-state index contributed by atoms with van der Waals surface area (Å²) in [6.45, 7) is 0. The zero-order valence-electron chi connectivity index (χ0n) is 9.29. The maximum absolute atomic E-state index is 5.52. The molecule has 1 aromatic carbocycles. The number of anilines is 1. The smallest absolute Gasteiger partial charge is 0.237 e. The van der Waals surface area contributed by atoms with Gasteiger partial charge in [-0.2, -0.15) is 0 Å². The van der Waals surface area contributed by atoms with Gasteiger partial charge < -0.3 is 9.64 Å². The molecule has 0 N–H and O–H groups in total. The Labute approximate surface area is 94.5 Å². The third-order valence-corrected chi connectivity index (χ3v) is 2.04. The van der Waals surface area contributed by atoms with Gasteiger partial charge in [0.1, 0.15) is 11.6 Å². The van der Waals surface area contributed by atoms with E-state index in [1.807, 2.05) is 49.3 Å². The first-order chi connectivity index (χ1) is 7.75. The summed E-state index contributed by atoms with van der Waals surface area (Å²) in [6.07, 6.45) is 3.29. The minimum Gasteiger partial charge on any atom is -0.438 e. The van der Waals surface area contributed by atoms with E-state index in [-0.39, 0.29) is 0 Å². The van der Waals surface area contributed by atoms with Crippen molar-refractivity contribution < 1.29 is 4.74 Å². The van der Waals surface area contributed by atoms with Crippen LogP contribution in [0.5, 0.6) is 11.6 Å². The zero-order valence-corrected chi connectivity index (χ0v) is 9.29. The van der Waals surface area contributed by atoms with Gasteiger partial charge in [0.25, 0.3) is 0 Å². The molecule has 0 amide bonds. The van der Waals surface area contributed by atoms with Crippen LogP contribution in [-0.4, -0.2) is 24.1 Å². The lowest BCUT2D eigenvalue weighted by atomic mass is 10.3. The quantitative estimate of drug-likeness (QED) is 0.787. The molecule has 0 atom stereocenters. The summed E-state index contributed by atoms with van der Waals surface area (Å²) in [5.74, 6) is 2.06. The van der Waals surface area contributed by atoms with Crippen molar-refractivity contribution in [3.63, 3.8) is 0 Å². The Morgan fingerprint density at radius 3 is 2.31 bits per heavy atom. The molecule has 82 valence electrons. The van der Waals surface area contributed by atoms with Crippen LogP contribution in [0.3, 0.4) is 0 Å². The Balaban J connectivity index is 2.11. The highest BCUT2D eigenvalue weighted by molar-refractivity contribution is 5.34. The molecule has 1 heterocycles. The van der Waals surface area contributed by atoms with Crippen LogP contribution in [0.4, 0.5) is 5.82 Å². The van der Waals surface area contributed by atoms with Crippen molar-refractivity contribution in [2.45, 2.75) is 0 Å². The Morgan fingerprint density at radius 1 is 1.00 bits per heavy atom. The fraction of sp³-hybridized carbons (Fsp3) is 0.167. The van der Waals surface area contributed by atoms with Gasteiger partial charge in [0.05, 0.1) is 12.4 Å². The molecule has 4 nitrogen and oxygen atoms in total. The molecule has 1 aromatic heterocycles. The van der Waals surface area contributed by atoms with Crippen LogP contribution in [0, 0.1) is 0 Å². The number of rotatable bonds is 3. The zero-order chi connectivity index (χ0) is 11.4. The number of para-hydroxylation sites is 1. The molecule has 4 heteroatoms. The van der Waals surface area contributed by atoms with Crippen molar-refractivity contribution in [1.29, 1.82) is 0 Å². The predicted molar refractivity (Wildman–Crippen MR) is 62.9 cm³/mol. The third-order valence-electron chi connectivity index (χ3n) is 2.04. The van der Waals surface area contributed by atoms with Crippen LogP contribution in [0.15, 0.2) is 42.7 Å². The van der Waals surface area contributed by atoms with Crippen molar-refractivity contribution in [3.05, 3.63) is 42.7 Å². The van der Waals surface area contributed by atoms with Crippen LogP contribution >= 0.6 is 0 Å². The summed E-state index contributed by atoms with van der Waals surface area (Å²) in [7, 11) is 3.84. The monoisotopic (exact) mass is 215 g/mol. The molecule has 0 aliphatic rings. The first kappa shape index (κ1) is 10.4. The van der Waals surface area contributed by atoms with E-state index >= 15 is 0 Å². The summed E-state index contributed by atoms with van der Waals surface area (Å²) in [4.78, 5) is 10.3. The second kappa shape index (κ2) is 4.61. The summed E-state index contributed by atoms with van der Waals surface area (Å²) in [5, 5.41) is 0. The Hall–Kier alpha value is -2.10. The van der Waals surface area contributed by atoms with Gasteiger partial charge in [-0.3, -0.25) is 0 Å². The first-order valence-corrected chi connectivity index (χ1v) is 4.98. The lowest BCUT2D eigenvalue weighted by Gasteiger charge is -2.10. The SMILES string of the molecule is CN(C)c1cnc(Oc2ccccc2)cn1. The van der Waals surface area contributed by atoms with Gasteiger partial charge in [0, 0.05) is 14.1 Å². The molecule has 0 fully saturated rings. The van der Waals surface area contributed by atoms with E-state index in [2.05, 4.69) is 9.97 Å². The van der Waals surface area contributed by atoms with Gasteiger partial charge in [-0.05, 0) is 12.1 Å². The highest BCUT2D eigenvalue weighted by atomic mass is 16.5. The second-order valence-corrected chi connectivity index (χ2v) is 3.52. The van der Waals surface area contributed by atoms with E-state index in [1.54, 1.807) is 12.4 Å². The Morgan fingerprint density at radius 2 is 1.75 bits per heavy atom. The minimum atomic E-state index is 0.497. The summed E-state index contributed by atoms with van der Waals surface area (Å²) in [5.41, 5.74) is 0. The average Bonchev–Trinajstić information content (AvgIpc) is 2.31. The van der Waals surface area contributed by atoms with Crippen LogP contribution in [0.1, 0.15) is 0 Å². The van der Waals surface area contributed by atoms with Gasteiger partial charge >= 0.3 is 0 Å². The van der Waals surface area contributed by atoms with Crippen LogP contribution in [-0.2, 0) is 0 Å². The van der Waals surface area contributed by atoms with E-state index in [0.717, 1.165) is 11.6 Å². The number of benzene rings is 1. The largest absolute Gasteiger partial charge is 0.438 e. The van der Waals surface area contributed by atoms with E-state index < -0.39 is 0 Å². The van der Waals surface area contributed by atoms with Crippen LogP contribution in [0.25, 0.3) is 0 Å². The maximum atomic E-state index is 5.52. The molecule has 16 heavy (non-hydrogen) atoms. The molecule has 0 radical (unpaired) electrons. The van der Waals surface area contributed by atoms with Crippen molar-refractivity contribution >= 4 is 5.82 Å². The molecule has 2 rings (SSSR count). The lowest BCUT2D eigenvalue weighted by molar-refractivity contribution is 0.460. The standard InChI is InChI=1S/C12H13N3O/c1-15(2)11-8-14-12(9-13-11)16-10-6-4-3-5-7-10/h3-9H,1-2H3. The fourth-order valence-corrected chi connectivity index (χ4v) is 1.20. The Kier molecular flexibility index (Phi) is 3.00. The molecule has 0 aliphatic heterocycles. The summed E-state index contributed by atoms with van der Waals surface area (Å²) >= 11 is 0. The number of nitrogens with zero attached hydrogens (tertiary/aromatic N) is 3. The molecule has 0 saturated carbocycles. The molecule has 0 aliphatic carbocycles. The van der Waals surface area contributed by atoms with Gasteiger partial charge in [-0.15, -0.1) is 0 Å². The number of ether oxygens (including phenoxy) is 1. The van der Waals surface area contributed by atoms with E-state index in [9.17, 15) is 0 Å². The minimum absolute atomic E-state index is 0.497. The Bertz CT molecular complexity index is 440.